The molecule has 0 saturated heterocycles. The van der Waals surface area contributed by atoms with Crippen LogP contribution < -0.4 is 10.1 Å². The Bertz CT molecular complexity index is 993. The lowest BCUT2D eigenvalue weighted by Crippen LogP contribution is -2.36. The molecule has 1 N–H and O–H groups in total. The van der Waals surface area contributed by atoms with Crippen molar-refractivity contribution in [1.82, 2.24) is 10.5 Å². The van der Waals surface area contributed by atoms with Gasteiger partial charge >= 0.3 is 5.97 Å². The number of aryl methyl sites for hydroxylation is 2. The van der Waals surface area contributed by atoms with Crippen molar-refractivity contribution in [3.05, 3.63) is 82.7 Å². The number of carbonyl (C=O) groups excluding carboxylic acids is 2. The molecule has 0 aliphatic carbocycles. The summed E-state index contributed by atoms with van der Waals surface area (Å²) in [5.41, 5.74) is 3.15. The van der Waals surface area contributed by atoms with Gasteiger partial charge in [0.1, 0.15) is 18.1 Å². The minimum Gasteiger partial charge on any atom is -0.489 e. The van der Waals surface area contributed by atoms with E-state index < -0.39 is 12.1 Å². The first-order valence-corrected chi connectivity index (χ1v) is 10.1. The number of aromatic nitrogens is 1. The minimum absolute atomic E-state index is 0.325. The largest absolute Gasteiger partial charge is 0.489 e. The molecule has 1 atom stereocenters. The van der Waals surface area contributed by atoms with Gasteiger partial charge in [0, 0.05) is 6.54 Å². The van der Waals surface area contributed by atoms with E-state index in [1.54, 1.807) is 31.2 Å². The number of ether oxygens (including phenoxy) is 2. The number of amides is 1. The van der Waals surface area contributed by atoms with E-state index in [-0.39, 0.29) is 5.91 Å². The predicted octanol–water partition coefficient (Wildman–Crippen LogP) is 3.77. The summed E-state index contributed by atoms with van der Waals surface area (Å²) < 4.78 is 16.1. The number of esters is 1. The summed E-state index contributed by atoms with van der Waals surface area (Å²) in [6.07, 6.45) is -0.179. The summed E-state index contributed by atoms with van der Waals surface area (Å²) in [4.78, 5) is 24.5. The van der Waals surface area contributed by atoms with E-state index in [9.17, 15) is 9.59 Å². The van der Waals surface area contributed by atoms with Crippen molar-refractivity contribution in [1.29, 1.82) is 0 Å². The highest BCUT2D eigenvalue weighted by atomic mass is 16.5. The fourth-order valence-electron chi connectivity index (χ4n) is 2.95. The van der Waals surface area contributed by atoms with Gasteiger partial charge < -0.3 is 19.3 Å². The first-order chi connectivity index (χ1) is 14.9. The molecule has 7 heteroatoms. The molecule has 7 nitrogen and oxygen atoms in total. The highest BCUT2D eigenvalue weighted by Gasteiger charge is 2.18. The number of benzene rings is 2. The zero-order chi connectivity index (χ0) is 22.2. The Morgan fingerprint density at radius 2 is 1.77 bits per heavy atom. The standard InChI is InChI=1S/C24H26N2O5/c1-16-22(17(2)31-26-16)15-29-21-11-9-20(10-12-21)24(28)30-18(3)23(27)25-14-13-19-7-5-4-6-8-19/h4-12,18H,13-15H2,1-3H3,(H,25,27)/t18-/m1/s1. The number of nitrogens with zero attached hydrogens (tertiary/aromatic N) is 1. The third-order valence-electron chi connectivity index (χ3n) is 4.86. The fourth-order valence-corrected chi connectivity index (χ4v) is 2.95. The number of nitrogens with one attached hydrogen (secondary N) is 1. The first-order valence-electron chi connectivity index (χ1n) is 10.1. The molecule has 1 aromatic heterocycles. The topological polar surface area (TPSA) is 90.7 Å². The summed E-state index contributed by atoms with van der Waals surface area (Å²) in [6.45, 7) is 6.04. The van der Waals surface area contributed by atoms with Crippen LogP contribution in [-0.4, -0.2) is 29.7 Å². The summed E-state index contributed by atoms with van der Waals surface area (Å²) in [7, 11) is 0. The van der Waals surface area contributed by atoms with Gasteiger partial charge in [-0.2, -0.15) is 0 Å². The van der Waals surface area contributed by atoms with Gasteiger partial charge in [0.05, 0.1) is 16.8 Å². The molecular formula is C24H26N2O5. The summed E-state index contributed by atoms with van der Waals surface area (Å²) in [5.74, 6) is 0.420. The van der Waals surface area contributed by atoms with Crippen molar-refractivity contribution in [2.24, 2.45) is 0 Å². The van der Waals surface area contributed by atoms with E-state index in [2.05, 4.69) is 10.5 Å². The Labute approximate surface area is 181 Å². The highest BCUT2D eigenvalue weighted by Crippen LogP contribution is 2.18. The Hall–Kier alpha value is -3.61. The van der Waals surface area contributed by atoms with E-state index in [1.165, 1.54) is 0 Å². The van der Waals surface area contributed by atoms with E-state index in [0.717, 1.165) is 16.8 Å². The Morgan fingerprint density at radius 3 is 2.42 bits per heavy atom. The van der Waals surface area contributed by atoms with Crippen molar-refractivity contribution in [3.63, 3.8) is 0 Å². The molecule has 0 radical (unpaired) electrons. The summed E-state index contributed by atoms with van der Waals surface area (Å²) in [5, 5.41) is 6.68. The van der Waals surface area contributed by atoms with Gasteiger partial charge in [-0.05, 0) is 57.0 Å². The zero-order valence-corrected chi connectivity index (χ0v) is 17.9. The molecule has 31 heavy (non-hydrogen) atoms. The van der Waals surface area contributed by atoms with Crippen LogP contribution in [0, 0.1) is 13.8 Å². The fraction of sp³-hybridized carbons (Fsp3) is 0.292. The van der Waals surface area contributed by atoms with Crippen LogP contribution >= 0.6 is 0 Å². The van der Waals surface area contributed by atoms with Crippen molar-refractivity contribution in [3.8, 4) is 5.75 Å². The van der Waals surface area contributed by atoms with Gasteiger partial charge in [-0.25, -0.2) is 4.79 Å². The van der Waals surface area contributed by atoms with Crippen LogP contribution in [0.25, 0.3) is 0 Å². The van der Waals surface area contributed by atoms with Crippen LogP contribution in [0.15, 0.2) is 59.1 Å². The molecule has 0 saturated carbocycles. The molecule has 0 spiro atoms. The molecule has 3 aromatic rings. The average Bonchev–Trinajstić information content (AvgIpc) is 3.10. The monoisotopic (exact) mass is 422 g/mol. The summed E-state index contributed by atoms with van der Waals surface area (Å²) >= 11 is 0. The van der Waals surface area contributed by atoms with Crippen molar-refractivity contribution < 1.29 is 23.6 Å². The van der Waals surface area contributed by atoms with Crippen LogP contribution in [-0.2, 0) is 22.6 Å². The lowest BCUT2D eigenvalue weighted by molar-refractivity contribution is -0.129. The lowest BCUT2D eigenvalue weighted by atomic mass is 10.1. The SMILES string of the molecule is Cc1noc(C)c1COc1ccc(C(=O)O[C@H](C)C(=O)NCCc2ccccc2)cc1. The quantitative estimate of drug-likeness (QED) is 0.528. The van der Waals surface area contributed by atoms with Crippen LogP contribution in [0.5, 0.6) is 5.75 Å². The first kappa shape index (κ1) is 22.1. The maximum absolute atomic E-state index is 12.3. The lowest BCUT2D eigenvalue weighted by Gasteiger charge is -2.14. The van der Waals surface area contributed by atoms with Crippen LogP contribution in [0.3, 0.4) is 0 Å². The van der Waals surface area contributed by atoms with E-state index in [4.69, 9.17) is 14.0 Å². The second-order valence-electron chi connectivity index (χ2n) is 7.19. The molecule has 0 aliphatic heterocycles. The highest BCUT2D eigenvalue weighted by molar-refractivity contribution is 5.92. The molecule has 162 valence electrons. The molecule has 0 bridgehead atoms. The number of carbonyl (C=O) groups is 2. The van der Waals surface area contributed by atoms with Gasteiger partial charge in [0.2, 0.25) is 0 Å². The van der Waals surface area contributed by atoms with E-state index >= 15 is 0 Å². The molecular weight excluding hydrogens is 396 g/mol. The van der Waals surface area contributed by atoms with Crippen LogP contribution in [0.1, 0.15) is 39.9 Å². The normalized spacial score (nSPS) is 11.6. The van der Waals surface area contributed by atoms with Gasteiger partial charge in [0.25, 0.3) is 5.91 Å². The third-order valence-corrected chi connectivity index (χ3v) is 4.86. The van der Waals surface area contributed by atoms with E-state index in [0.29, 0.717) is 36.6 Å². The maximum Gasteiger partial charge on any atom is 0.338 e. The second kappa shape index (κ2) is 10.4. The predicted molar refractivity (Wildman–Crippen MR) is 115 cm³/mol. The molecule has 3 rings (SSSR count). The Kier molecular flexibility index (Phi) is 7.43. The molecule has 0 fully saturated rings. The Morgan fingerprint density at radius 1 is 1.06 bits per heavy atom. The minimum atomic E-state index is -0.890. The van der Waals surface area contributed by atoms with Crippen molar-refractivity contribution in [2.45, 2.75) is 39.9 Å². The van der Waals surface area contributed by atoms with Gasteiger partial charge in [0.15, 0.2) is 6.10 Å². The Balaban J connectivity index is 1.45. The molecule has 1 amide bonds. The van der Waals surface area contributed by atoms with Gasteiger partial charge in [-0.3, -0.25) is 4.79 Å². The van der Waals surface area contributed by atoms with Crippen molar-refractivity contribution in [2.75, 3.05) is 6.54 Å². The third kappa shape index (κ3) is 6.18. The number of rotatable bonds is 9. The molecule has 1 heterocycles. The average molecular weight is 422 g/mol. The van der Waals surface area contributed by atoms with Gasteiger partial charge in [-0.1, -0.05) is 35.5 Å². The number of hydrogen-bond acceptors (Lipinski definition) is 6. The second-order valence-corrected chi connectivity index (χ2v) is 7.19. The van der Waals surface area contributed by atoms with E-state index in [1.807, 2.05) is 44.2 Å². The summed E-state index contributed by atoms with van der Waals surface area (Å²) in [6, 6.07) is 16.4. The van der Waals surface area contributed by atoms with Crippen LogP contribution in [0.4, 0.5) is 0 Å². The van der Waals surface area contributed by atoms with Crippen LogP contribution in [0.2, 0.25) is 0 Å². The van der Waals surface area contributed by atoms with Gasteiger partial charge in [-0.15, -0.1) is 0 Å². The molecule has 2 aromatic carbocycles. The number of hydrogen-bond donors (Lipinski definition) is 1. The smallest absolute Gasteiger partial charge is 0.338 e. The molecule has 0 unspecified atom stereocenters. The maximum atomic E-state index is 12.3. The zero-order valence-electron chi connectivity index (χ0n) is 17.9. The van der Waals surface area contributed by atoms with Crippen molar-refractivity contribution >= 4 is 11.9 Å². The molecule has 0 aliphatic rings.